The molecule has 0 saturated carbocycles. The van der Waals surface area contributed by atoms with Crippen molar-refractivity contribution < 1.29 is 14.5 Å². The molecule has 0 unspecified atom stereocenters. The van der Waals surface area contributed by atoms with Crippen molar-refractivity contribution in [3.8, 4) is 5.75 Å². The Kier molecular flexibility index (Phi) is 5.30. The van der Waals surface area contributed by atoms with E-state index in [1.165, 1.54) is 30.5 Å². The minimum absolute atomic E-state index is 0.0334. The van der Waals surface area contributed by atoms with E-state index in [0.29, 0.717) is 5.69 Å². The number of ether oxygens (including phenoxy) is 1. The first-order valence-electron chi connectivity index (χ1n) is 6.71. The summed E-state index contributed by atoms with van der Waals surface area (Å²) < 4.78 is 5.11. The zero-order valence-corrected chi connectivity index (χ0v) is 12.4. The highest BCUT2D eigenvalue weighted by Gasteiger charge is 2.05. The number of amides is 2. The second-order valence-corrected chi connectivity index (χ2v) is 4.51. The number of nitro groups is 1. The lowest BCUT2D eigenvalue weighted by atomic mass is 10.2. The highest BCUT2D eigenvalue weighted by atomic mass is 16.6. The molecular formula is C16H15N3O4. The van der Waals surface area contributed by atoms with E-state index in [2.05, 4.69) is 10.6 Å². The van der Waals surface area contributed by atoms with Crippen molar-refractivity contribution in [3.05, 3.63) is 70.4 Å². The molecule has 2 rings (SSSR count). The third kappa shape index (κ3) is 4.85. The molecule has 0 aliphatic rings. The number of hydrogen-bond acceptors (Lipinski definition) is 4. The van der Waals surface area contributed by atoms with Gasteiger partial charge in [0.15, 0.2) is 0 Å². The fourth-order valence-electron chi connectivity index (χ4n) is 1.79. The van der Waals surface area contributed by atoms with Crippen molar-refractivity contribution in [2.75, 3.05) is 12.4 Å². The molecule has 0 bridgehead atoms. The lowest BCUT2D eigenvalue weighted by molar-refractivity contribution is -0.384. The molecule has 0 aromatic heterocycles. The van der Waals surface area contributed by atoms with E-state index in [1.807, 2.05) is 24.3 Å². The molecule has 0 aliphatic heterocycles. The molecule has 7 nitrogen and oxygen atoms in total. The van der Waals surface area contributed by atoms with Crippen molar-refractivity contribution in [1.29, 1.82) is 0 Å². The molecular weight excluding hydrogens is 298 g/mol. The third-order valence-electron chi connectivity index (χ3n) is 2.92. The van der Waals surface area contributed by atoms with Crippen molar-refractivity contribution in [2.45, 2.75) is 0 Å². The van der Waals surface area contributed by atoms with Crippen LogP contribution >= 0.6 is 0 Å². The van der Waals surface area contributed by atoms with Gasteiger partial charge >= 0.3 is 6.03 Å². The molecule has 0 fully saturated rings. The van der Waals surface area contributed by atoms with Crippen molar-refractivity contribution in [2.24, 2.45) is 0 Å². The van der Waals surface area contributed by atoms with Gasteiger partial charge in [-0.15, -0.1) is 0 Å². The van der Waals surface area contributed by atoms with E-state index in [1.54, 1.807) is 13.2 Å². The largest absolute Gasteiger partial charge is 0.497 e. The molecule has 0 saturated heterocycles. The van der Waals surface area contributed by atoms with Crippen LogP contribution in [0.5, 0.6) is 5.75 Å². The molecule has 118 valence electrons. The number of hydrogen-bond donors (Lipinski definition) is 2. The Bertz CT molecular complexity index is 726. The van der Waals surface area contributed by atoms with E-state index >= 15 is 0 Å². The summed E-state index contributed by atoms with van der Waals surface area (Å²) in [6.45, 7) is 0. The minimum Gasteiger partial charge on any atom is -0.497 e. The van der Waals surface area contributed by atoms with Gasteiger partial charge in [-0.3, -0.25) is 10.1 Å². The fourth-order valence-corrected chi connectivity index (χ4v) is 1.79. The number of carbonyl (C=O) groups is 1. The first-order chi connectivity index (χ1) is 11.1. The summed E-state index contributed by atoms with van der Waals surface area (Å²) in [5.41, 5.74) is 1.30. The Morgan fingerprint density at radius 2 is 1.96 bits per heavy atom. The summed E-state index contributed by atoms with van der Waals surface area (Å²) >= 11 is 0. The van der Waals surface area contributed by atoms with Crippen LogP contribution < -0.4 is 15.4 Å². The van der Waals surface area contributed by atoms with Gasteiger partial charge in [0, 0.05) is 24.0 Å². The number of methoxy groups -OCH3 is 1. The Labute approximate surface area is 132 Å². The number of nitrogens with one attached hydrogen (secondary N) is 2. The molecule has 0 atom stereocenters. The van der Waals surface area contributed by atoms with Gasteiger partial charge in [-0.25, -0.2) is 4.79 Å². The number of nitro benzene ring substituents is 1. The zero-order valence-electron chi connectivity index (χ0n) is 12.4. The van der Waals surface area contributed by atoms with E-state index in [4.69, 9.17) is 4.74 Å². The second kappa shape index (κ2) is 7.60. The molecule has 0 spiro atoms. The number of non-ortho nitro benzene ring substituents is 1. The first kappa shape index (κ1) is 16.0. The van der Waals surface area contributed by atoms with Crippen LogP contribution in [-0.2, 0) is 0 Å². The van der Waals surface area contributed by atoms with Gasteiger partial charge in [-0.2, -0.15) is 0 Å². The van der Waals surface area contributed by atoms with E-state index in [9.17, 15) is 14.9 Å². The van der Waals surface area contributed by atoms with Crippen molar-refractivity contribution in [1.82, 2.24) is 5.32 Å². The van der Waals surface area contributed by atoms with Crippen LogP contribution in [0.3, 0.4) is 0 Å². The molecule has 2 aromatic carbocycles. The lowest BCUT2D eigenvalue weighted by Crippen LogP contribution is -2.23. The minimum atomic E-state index is -0.499. The molecule has 0 aliphatic carbocycles. The molecule has 2 aromatic rings. The van der Waals surface area contributed by atoms with Crippen molar-refractivity contribution >= 4 is 23.5 Å². The van der Waals surface area contributed by atoms with Crippen LogP contribution in [0.2, 0.25) is 0 Å². The molecule has 2 N–H and O–H groups in total. The van der Waals surface area contributed by atoms with E-state index in [0.717, 1.165) is 11.3 Å². The predicted molar refractivity (Wildman–Crippen MR) is 87.3 cm³/mol. The molecule has 0 radical (unpaired) electrons. The zero-order chi connectivity index (χ0) is 16.7. The number of nitrogens with zero attached hydrogens (tertiary/aromatic N) is 1. The summed E-state index contributed by atoms with van der Waals surface area (Å²) in [4.78, 5) is 21.8. The van der Waals surface area contributed by atoms with Gasteiger partial charge in [0.25, 0.3) is 5.69 Å². The molecule has 2 amide bonds. The maximum Gasteiger partial charge on any atom is 0.323 e. The number of benzene rings is 2. The van der Waals surface area contributed by atoms with Gasteiger partial charge in [0.1, 0.15) is 5.75 Å². The SMILES string of the molecule is COc1cccc(/C=C/NC(=O)Nc2ccc([N+](=O)[O-])cc2)c1. The van der Waals surface area contributed by atoms with Crippen LogP contribution in [0.1, 0.15) is 5.56 Å². The lowest BCUT2D eigenvalue weighted by Gasteiger charge is -2.04. The van der Waals surface area contributed by atoms with Gasteiger partial charge in [-0.05, 0) is 35.9 Å². The van der Waals surface area contributed by atoms with Crippen LogP contribution in [-0.4, -0.2) is 18.1 Å². The van der Waals surface area contributed by atoms with Gasteiger partial charge < -0.3 is 15.4 Å². The smallest absolute Gasteiger partial charge is 0.323 e. The van der Waals surface area contributed by atoms with E-state index in [-0.39, 0.29) is 5.69 Å². The predicted octanol–water partition coefficient (Wildman–Crippen LogP) is 3.40. The Balaban J connectivity index is 1.89. The Morgan fingerprint density at radius 1 is 1.22 bits per heavy atom. The van der Waals surface area contributed by atoms with Gasteiger partial charge in [0.2, 0.25) is 0 Å². The third-order valence-corrected chi connectivity index (χ3v) is 2.92. The van der Waals surface area contributed by atoms with E-state index < -0.39 is 11.0 Å². The molecule has 0 heterocycles. The van der Waals surface area contributed by atoms with Crippen LogP contribution in [0.15, 0.2) is 54.7 Å². The van der Waals surface area contributed by atoms with Crippen molar-refractivity contribution in [3.63, 3.8) is 0 Å². The fraction of sp³-hybridized carbons (Fsp3) is 0.0625. The van der Waals surface area contributed by atoms with Crippen LogP contribution in [0.4, 0.5) is 16.2 Å². The average Bonchev–Trinajstić information content (AvgIpc) is 2.55. The molecule has 23 heavy (non-hydrogen) atoms. The topological polar surface area (TPSA) is 93.5 Å². The summed E-state index contributed by atoms with van der Waals surface area (Å²) in [7, 11) is 1.58. The monoisotopic (exact) mass is 313 g/mol. The highest BCUT2D eigenvalue weighted by Crippen LogP contribution is 2.15. The summed E-state index contributed by atoms with van der Waals surface area (Å²) in [6, 6.07) is 12.5. The Hall–Kier alpha value is -3.35. The quantitative estimate of drug-likeness (QED) is 0.653. The van der Waals surface area contributed by atoms with Crippen LogP contribution in [0.25, 0.3) is 6.08 Å². The maximum atomic E-state index is 11.7. The number of rotatable bonds is 5. The Morgan fingerprint density at radius 3 is 2.61 bits per heavy atom. The highest BCUT2D eigenvalue weighted by molar-refractivity contribution is 5.90. The molecule has 7 heteroatoms. The van der Waals surface area contributed by atoms with Gasteiger partial charge in [0.05, 0.1) is 12.0 Å². The summed E-state index contributed by atoms with van der Waals surface area (Å²) in [5, 5.41) is 15.7. The average molecular weight is 313 g/mol. The first-order valence-corrected chi connectivity index (χ1v) is 6.71. The maximum absolute atomic E-state index is 11.7. The number of urea groups is 1. The second-order valence-electron chi connectivity index (χ2n) is 4.51. The van der Waals surface area contributed by atoms with Gasteiger partial charge in [-0.1, -0.05) is 12.1 Å². The normalized spacial score (nSPS) is 10.3. The summed E-state index contributed by atoms with van der Waals surface area (Å²) in [6.07, 6.45) is 3.22. The van der Waals surface area contributed by atoms with Crippen LogP contribution in [0, 0.1) is 10.1 Å². The number of carbonyl (C=O) groups excluding carboxylic acids is 1. The number of anilines is 1. The standard InChI is InChI=1S/C16H15N3O4/c1-23-15-4-2-3-12(11-15)9-10-17-16(20)18-13-5-7-14(8-6-13)19(21)22/h2-11H,1H3,(H2,17,18,20)/b10-9+. The summed E-state index contributed by atoms with van der Waals surface area (Å²) in [5.74, 6) is 0.725.